The molecular weight excluding hydrogens is 705 g/mol. The van der Waals surface area contributed by atoms with E-state index in [4.69, 9.17) is 9.47 Å². The number of carboxylic acid groups (broad SMARTS) is 1. The van der Waals surface area contributed by atoms with Gasteiger partial charge in [-0.3, -0.25) is 24.1 Å². The first kappa shape index (κ1) is 52.8. The van der Waals surface area contributed by atoms with Crippen molar-refractivity contribution in [3.63, 3.8) is 0 Å². The maximum absolute atomic E-state index is 13.5. The molecule has 0 spiro atoms. The Morgan fingerprint density at radius 3 is 1.27 bits per heavy atom. The van der Waals surface area contributed by atoms with Gasteiger partial charge in [0, 0.05) is 19.3 Å². The van der Waals surface area contributed by atoms with Crippen LogP contribution in [0.4, 0.5) is 0 Å². The van der Waals surface area contributed by atoms with Crippen molar-refractivity contribution in [1.82, 2.24) is 9.80 Å². The predicted octanol–water partition coefficient (Wildman–Crippen LogP) is 11.3. The van der Waals surface area contributed by atoms with Gasteiger partial charge < -0.3 is 19.5 Å². The smallest absolute Gasteiger partial charge is 0.305 e. The van der Waals surface area contributed by atoms with Crippen LogP contribution in [-0.2, 0) is 28.7 Å². The predicted molar refractivity (Wildman–Crippen MR) is 232 cm³/mol. The van der Waals surface area contributed by atoms with E-state index >= 15 is 0 Å². The number of allylic oxidation sites excluding steroid dienone is 8. The maximum atomic E-state index is 13.5. The first-order chi connectivity index (χ1) is 27.2. The second kappa shape index (κ2) is 40.0. The Balaban J connectivity index is 4.42. The fourth-order valence-corrected chi connectivity index (χ4v) is 6.25. The lowest BCUT2D eigenvalue weighted by Crippen LogP contribution is -2.48. The van der Waals surface area contributed by atoms with E-state index in [1.165, 1.54) is 56.3 Å². The lowest BCUT2D eigenvalue weighted by molar-refractivity contribution is -0.149. The van der Waals surface area contributed by atoms with Crippen LogP contribution in [0, 0.1) is 0 Å². The molecule has 0 aliphatic heterocycles. The molecule has 1 amide bonds. The van der Waals surface area contributed by atoms with Crippen molar-refractivity contribution in [2.45, 2.75) is 187 Å². The van der Waals surface area contributed by atoms with E-state index in [-0.39, 0.29) is 57.0 Å². The third-order valence-corrected chi connectivity index (χ3v) is 9.76. The molecule has 0 saturated heterocycles. The number of hydrogen-bond acceptors (Lipinski definition) is 7. The second-order valence-electron chi connectivity index (χ2n) is 15.1. The molecule has 56 heavy (non-hydrogen) atoms. The highest BCUT2D eigenvalue weighted by atomic mass is 16.5. The molecule has 0 aromatic carbocycles. The van der Waals surface area contributed by atoms with Crippen LogP contribution < -0.4 is 0 Å². The van der Waals surface area contributed by atoms with Crippen LogP contribution in [0.25, 0.3) is 0 Å². The molecule has 1 atom stereocenters. The molecule has 0 aromatic rings. The Kier molecular flexibility index (Phi) is 37.7. The second-order valence-corrected chi connectivity index (χ2v) is 15.1. The third kappa shape index (κ3) is 35.2. The van der Waals surface area contributed by atoms with Crippen LogP contribution in [-0.4, -0.2) is 85.2 Å². The number of carbonyl (C=O) groups is 4. The number of rotatable bonds is 39. The summed E-state index contributed by atoms with van der Waals surface area (Å²) in [4.78, 5) is 52.9. The molecular formula is C47H82N2O7. The van der Waals surface area contributed by atoms with Crippen LogP contribution in [0.15, 0.2) is 48.6 Å². The van der Waals surface area contributed by atoms with Crippen molar-refractivity contribution in [3.8, 4) is 0 Å². The van der Waals surface area contributed by atoms with E-state index < -0.39 is 12.0 Å². The summed E-state index contributed by atoms with van der Waals surface area (Å²) in [6, 6.07) is -0.655. The van der Waals surface area contributed by atoms with Gasteiger partial charge in [-0.2, -0.15) is 0 Å². The van der Waals surface area contributed by atoms with Gasteiger partial charge in [0.25, 0.3) is 0 Å². The molecule has 0 rings (SSSR count). The zero-order valence-corrected chi connectivity index (χ0v) is 36.2. The quantitative estimate of drug-likeness (QED) is 0.0372. The lowest BCUT2D eigenvalue weighted by atomic mass is 10.1. The van der Waals surface area contributed by atoms with Gasteiger partial charge in [-0.15, -0.1) is 0 Å². The fourth-order valence-electron chi connectivity index (χ4n) is 6.25. The first-order valence-corrected chi connectivity index (χ1v) is 22.3. The van der Waals surface area contributed by atoms with Gasteiger partial charge in [0.15, 0.2) is 0 Å². The highest BCUT2D eigenvalue weighted by molar-refractivity contribution is 5.82. The van der Waals surface area contributed by atoms with Crippen LogP contribution in [0.3, 0.4) is 0 Å². The number of unbranched alkanes of at least 4 members (excludes halogenated alkanes) is 16. The molecule has 9 heteroatoms. The number of hydrogen-bond donors (Lipinski definition) is 1. The van der Waals surface area contributed by atoms with Crippen molar-refractivity contribution in [1.29, 1.82) is 0 Å². The molecule has 1 N–H and O–H groups in total. The van der Waals surface area contributed by atoms with Gasteiger partial charge >= 0.3 is 17.9 Å². The summed E-state index contributed by atoms with van der Waals surface area (Å²) in [6.07, 6.45) is 43.2. The summed E-state index contributed by atoms with van der Waals surface area (Å²) in [7, 11) is 3.47. The summed E-state index contributed by atoms with van der Waals surface area (Å²) in [5, 5.41) is 9.21. The number of nitrogens with zero attached hydrogens (tertiary/aromatic N) is 2. The van der Waals surface area contributed by atoms with Gasteiger partial charge in [-0.25, -0.2) is 0 Å². The van der Waals surface area contributed by atoms with E-state index in [2.05, 4.69) is 62.5 Å². The average Bonchev–Trinajstić information content (AvgIpc) is 3.17. The van der Waals surface area contributed by atoms with E-state index in [1.54, 1.807) is 19.0 Å². The lowest BCUT2D eigenvalue weighted by Gasteiger charge is -2.30. The van der Waals surface area contributed by atoms with Gasteiger partial charge in [-0.1, -0.05) is 127 Å². The summed E-state index contributed by atoms with van der Waals surface area (Å²) in [5.41, 5.74) is 0. The minimum absolute atomic E-state index is 0.0316. The number of amides is 1. The van der Waals surface area contributed by atoms with E-state index in [0.29, 0.717) is 12.8 Å². The molecule has 0 unspecified atom stereocenters. The maximum Gasteiger partial charge on any atom is 0.305 e. The van der Waals surface area contributed by atoms with Crippen molar-refractivity contribution < 1.29 is 33.8 Å². The first-order valence-electron chi connectivity index (χ1n) is 22.3. The number of carbonyl (C=O) groups excluding carboxylic acids is 3. The van der Waals surface area contributed by atoms with Crippen molar-refractivity contribution in [3.05, 3.63) is 48.6 Å². The van der Waals surface area contributed by atoms with E-state index in [9.17, 15) is 24.3 Å². The summed E-state index contributed by atoms with van der Waals surface area (Å²) in [5.74, 6) is -1.82. The average molecular weight is 787 g/mol. The minimum atomic E-state index is -0.972. The molecule has 9 nitrogen and oxygen atoms in total. The summed E-state index contributed by atoms with van der Waals surface area (Å²) >= 11 is 0. The number of esters is 2. The van der Waals surface area contributed by atoms with Crippen LogP contribution in [0.2, 0.25) is 0 Å². The Morgan fingerprint density at radius 1 is 0.518 bits per heavy atom. The topological polar surface area (TPSA) is 113 Å². The third-order valence-electron chi connectivity index (χ3n) is 9.76. The summed E-state index contributed by atoms with van der Waals surface area (Å²) < 4.78 is 11.0. The van der Waals surface area contributed by atoms with Gasteiger partial charge in [-0.05, 0) is 97.6 Å². The van der Waals surface area contributed by atoms with E-state index in [1.807, 2.05) is 0 Å². The SMILES string of the molecule is CCCCC/C=C\C/C=C\CCCCCCCC(=O)OCCN(CCOC(=O)CCCCCCC/C=C\C/C=C\CCCCC)C(=O)[C@H](CCC(=O)O)N(C)C. The summed E-state index contributed by atoms with van der Waals surface area (Å²) in [6.45, 7) is 4.81. The number of ether oxygens (including phenoxy) is 2. The number of aliphatic carboxylic acids is 1. The van der Waals surface area contributed by atoms with E-state index in [0.717, 1.165) is 89.9 Å². The Hall–Kier alpha value is -3.20. The monoisotopic (exact) mass is 787 g/mol. The van der Waals surface area contributed by atoms with Gasteiger partial charge in [0.05, 0.1) is 19.1 Å². The molecule has 0 fully saturated rings. The number of likely N-dealkylation sites (N-methyl/N-ethyl adjacent to an activating group) is 1. The van der Waals surface area contributed by atoms with Gasteiger partial charge in [0.1, 0.15) is 13.2 Å². The van der Waals surface area contributed by atoms with Crippen molar-refractivity contribution >= 4 is 23.8 Å². The van der Waals surface area contributed by atoms with Crippen LogP contribution in [0.1, 0.15) is 181 Å². The molecule has 0 aromatic heterocycles. The molecule has 0 saturated carbocycles. The van der Waals surface area contributed by atoms with Crippen LogP contribution in [0.5, 0.6) is 0 Å². The zero-order chi connectivity index (χ0) is 41.3. The molecule has 0 aliphatic rings. The number of carboxylic acids is 1. The normalized spacial score (nSPS) is 12.4. The standard InChI is InChI=1S/C47H82N2O7/c1-5-7-9-11-13-15-17-19-21-23-25-27-29-31-33-35-45(52)55-41-39-49(47(54)43(48(3)4)37-38-44(50)51)40-42-56-46(53)36-34-32-30-28-26-24-22-20-18-16-14-12-10-8-6-2/h13-16,19-22,43H,5-12,17-18,23-42H2,1-4H3,(H,50,51)/b15-13-,16-14-,21-19-,22-20-/t43-/m0/s1. The molecule has 0 heterocycles. The molecule has 0 aliphatic carbocycles. The highest BCUT2D eigenvalue weighted by Gasteiger charge is 2.27. The molecule has 0 radical (unpaired) electrons. The van der Waals surface area contributed by atoms with Crippen molar-refractivity contribution in [2.24, 2.45) is 0 Å². The Labute approximate surface area is 342 Å². The molecule has 0 bridgehead atoms. The van der Waals surface area contributed by atoms with Crippen molar-refractivity contribution in [2.75, 3.05) is 40.4 Å². The largest absolute Gasteiger partial charge is 0.481 e. The zero-order valence-electron chi connectivity index (χ0n) is 36.2. The minimum Gasteiger partial charge on any atom is -0.481 e. The Morgan fingerprint density at radius 2 is 0.893 bits per heavy atom. The fraction of sp³-hybridized carbons (Fsp3) is 0.745. The highest BCUT2D eigenvalue weighted by Crippen LogP contribution is 2.12. The Bertz CT molecular complexity index is 1030. The van der Waals surface area contributed by atoms with Gasteiger partial charge in [0.2, 0.25) is 5.91 Å². The van der Waals surface area contributed by atoms with Crippen LogP contribution >= 0.6 is 0 Å². The molecule has 322 valence electrons.